The summed E-state index contributed by atoms with van der Waals surface area (Å²) in [7, 11) is -3.54. The van der Waals surface area contributed by atoms with Crippen LogP contribution < -0.4 is 15.4 Å². The van der Waals surface area contributed by atoms with Crippen LogP contribution in [0.1, 0.15) is 37.0 Å². The Hall–Kier alpha value is -1.19. The molecule has 1 saturated heterocycles. The lowest BCUT2D eigenvalue weighted by molar-refractivity contribution is 0.0951. The van der Waals surface area contributed by atoms with E-state index >= 15 is 0 Å². The molecule has 0 radical (unpaired) electrons. The van der Waals surface area contributed by atoms with Gasteiger partial charge < -0.3 is 15.5 Å². The number of nitrogens with one attached hydrogen (secondary N) is 3. The lowest BCUT2D eigenvalue weighted by Gasteiger charge is -2.27. The Bertz CT molecular complexity index is 676. The SMILES string of the molecule is CCC(C)NS(=O)(=O)c1ccc(C(=O)NCCCN2CCNCC2)cc1.Cl. The highest BCUT2D eigenvalue weighted by molar-refractivity contribution is 7.89. The Balaban J connectivity index is 0.00000364. The molecule has 1 aliphatic heterocycles. The maximum absolute atomic E-state index is 12.2. The van der Waals surface area contributed by atoms with E-state index in [0.29, 0.717) is 18.5 Å². The molecule has 0 aliphatic carbocycles. The maximum atomic E-state index is 12.2. The maximum Gasteiger partial charge on any atom is 0.251 e. The Kier molecular flexibility index (Phi) is 10.3. The van der Waals surface area contributed by atoms with Gasteiger partial charge in [-0.3, -0.25) is 4.79 Å². The van der Waals surface area contributed by atoms with Gasteiger partial charge in [0, 0.05) is 44.3 Å². The smallest absolute Gasteiger partial charge is 0.251 e. The Labute approximate surface area is 168 Å². The van der Waals surface area contributed by atoms with Crippen LogP contribution in [-0.4, -0.2) is 64.5 Å². The highest BCUT2D eigenvalue weighted by Gasteiger charge is 2.17. The summed E-state index contributed by atoms with van der Waals surface area (Å²) in [6.07, 6.45) is 1.62. The molecule has 1 unspecified atom stereocenters. The molecule has 1 amide bonds. The number of hydrogen-bond donors (Lipinski definition) is 3. The minimum Gasteiger partial charge on any atom is -0.352 e. The molecule has 3 N–H and O–H groups in total. The molecular formula is C18H31ClN4O3S. The third-order valence-electron chi connectivity index (χ3n) is 4.54. The number of benzene rings is 1. The summed E-state index contributed by atoms with van der Waals surface area (Å²) in [5.41, 5.74) is 0.467. The average molecular weight is 419 g/mol. The number of sulfonamides is 1. The van der Waals surface area contributed by atoms with Crippen LogP contribution in [0.25, 0.3) is 0 Å². The van der Waals surface area contributed by atoms with E-state index in [9.17, 15) is 13.2 Å². The van der Waals surface area contributed by atoms with E-state index in [-0.39, 0.29) is 29.3 Å². The zero-order valence-electron chi connectivity index (χ0n) is 16.0. The monoisotopic (exact) mass is 418 g/mol. The van der Waals surface area contributed by atoms with Crippen LogP contribution in [0, 0.1) is 0 Å². The number of piperazine rings is 1. The van der Waals surface area contributed by atoms with Crippen molar-refractivity contribution in [2.75, 3.05) is 39.3 Å². The van der Waals surface area contributed by atoms with Crippen molar-refractivity contribution in [1.82, 2.24) is 20.3 Å². The van der Waals surface area contributed by atoms with Gasteiger partial charge in [0.15, 0.2) is 0 Å². The van der Waals surface area contributed by atoms with E-state index < -0.39 is 10.0 Å². The fourth-order valence-electron chi connectivity index (χ4n) is 2.74. The molecule has 154 valence electrons. The van der Waals surface area contributed by atoms with Crippen molar-refractivity contribution in [2.45, 2.75) is 37.6 Å². The molecule has 1 atom stereocenters. The predicted molar refractivity (Wildman–Crippen MR) is 110 cm³/mol. The molecule has 0 spiro atoms. The summed E-state index contributed by atoms with van der Waals surface area (Å²) in [4.78, 5) is 14.7. The van der Waals surface area contributed by atoms with Gasteiger partial charge in [-0.1, -0.05) is 6.92 Å². The van der Waals surface area contributed by atoms with Gasteiger partial charge >= 0.3 is 0 Å². The summed E-state index contributed by atoms with van der Waals surface area (Å²) in [6, 6.07) is 5.92. The molecule has 9 heteroatoms. The van der Waals surface area contributed by atoms with Gasteiger partial charge in [0.05, 0.1) is 4.90 Å². The van der Waals surface area contributed by atoms with Crippen molar-refractivity contribution < 1.29 is 13.2 Å². The first-order chi connectivity index (χ1) is 12.4. The summed E-state index contributed by atoms with van der Waals surface area (Å²) < 4.78 is 27.1. The summed E-state index contributed by atoms with van der Waals surface area (Å²) >= 11 is 0. The van der Waals surface area contributed by atoms with E-state index in [2.05, 4.69) is 20.3 Å². The molecule has 0 saturated carbocycles. The van der Waals surface area contributed by atoms with Crippen LogP contribution in [0.4, 0.5) is 0 Å². The number of rotatable bonds is 9. The van der Waals surface area contributed by atoms with E-state index in [0.717, 1.165) is 39.1 Å². The fraction of sp³-hybridized carbons (Fsp3) is 0.611. The zero-order chi connectivity index (χ0) is 19.0. The third-order valence-corrected chi connectivity index (χ3v) is 6.15. The van der Waals surface area contributed by atoms with Crippen LogP contribution in [-0.2, 0) is 10.0 Å². The molecule has 1 heterocycles. The molecule has 7 nitrogen and oxygen atoms in total. The molecule has 0 bridgehead atoms. The molecule has 0 aromatic heterocycles. The first kappa shape index (κ1) is 23.8. The van der Waals surface area contributed by atoms with Gasteiger partial charge in [-0.05, 0) is 50.6 Å². The van der Waals surface area contributed by atoms with Gasteiger partial charge in [-0.25, -0.2) is 13.1 Å². The quantitative estimate of drug-likeness (QED) is 0.524. The first-order valence-electron chi connectivity index (χ1n) is 9.26. The van der Waals surface area contributed by atoms with E-state index in [1.165, 1.54) is 12.1 Å². The van der Waals surface area contributed by atoms with Gasteiger partial charge in [0.1, 0.15) is 0 Å². The minimum absolute atomic E-state index is 0. The van der Waals surface area contributed by atoms with Crippen molar-refractivity contribution in [3.63, 3.8) is 0 Å². The lowest BCUT2D eigenvalue weighted by atomic mass is 10.2. The van der Waals surface area contributed by atoms with E-state index in [1.54, 1.807) is 12.1 Å². The van der Waals surface area contributed by atoms with Crippen molar-refractivity contribution in [2.24, 2.45) is 0 Å². The van der Waals surface area contributed by atoms with E-state index in [1.807, 2.05) is 13.8 Å². The summed E-state index contributed by atoms with van der Waals surface area (Å²) in [6.45, 7) is 9.46. The Morgan fingerprint density at radius 1 is 1.22 bits per heavy atom. The topological polar surface area (TPSA) is 90.5 Å². The average Bonchev–Trinajstić information content (AvgIpc) is 2.65. The number of carbonyl (C=O) groups is 1. The molecule has 27 heavy (non-hydrogen) atoms. The lowest BCUT2D eigenvalue weighted by Crippen LogP contribution is -2.44. The minimum atomic E-state index is -3.54. The van der Waals surface area contributed by atoms with Gasteiger partial charge in [0.2, 0.25) is 10.0 Å². The van der Waals surface area contributed by atoms with Crippen molar-refractivity contribution in [1.29, 1.82) is 0 Å². The second kappa shape index (κ2) is 11.6. The molecule has 1 fully saturated rings. The van der Waals surface area contributed by atoms with Crippen LogP contribution in [0.2, 0.25) is 0 Å². The second-order valence-corrected chi connectivity index (χ2v) is 8.37. The Morgan fingerprint density at radius 3 is 2.44 bits per heavy atom. The van der Waals surface area contributed by atoms with Crippen molar-refractivity contribution in [3.8, 4) is 0 Å². The van der Waals surface area contributed by atoms with Crippen LogP contribution in [0.3, 0.4) is 0 Å². The number of amides is 1. The molecule has 1 aliphatic rings. The second-order valence-electron chi connectivity index (χ2n) is 6.66. The largest absolute Gasteiger partial charge is 0.352 e. The molecule has 1 aromatic rings. The third kappa shape index (κ3) is 7.75. The Morgan fingerprint density at radius 2 is 1.85 bits per heavy atom. The number of halogens is 1. The number of nitrogens with zero attached hydrogens (tertiary/aromatic N) is 1. The summed E-state index contributed by atoms with van der Waals surface area (Å²) in [5, 5.41) is 6.21. The van der Waals surface area contributed by atoms with Crippen molar-refractivity contribution in [3.05, 3.63) is 29.8 Å². The first-order valence-corrected chi connectivity index (χ1v) is 10.7. The van der Waals surface area contributed by atoms with Crippen molar-refractivity contribution >= 4 is 28.3 Å². The van der Waals surface area contributed by atoms with Crippen LogP contribution in [0.5, 0.6) is 0 Å². The molecular weight excluding hydrogens is 388 g/mol. The van der Waals surface area contributed by atoms with Gasteiger partial charge in [-0.15, -0.1) is 12.4 Å². The van der Waals surface area contributed by atoms with E-state index in [4.69, 9.17) is 0 Å². The standard InChI is InChI=1S/C18H30N4O3S.ClH/c1-3-15(2)21-26(24,25)17-7-5-16(6-8-17)18(23)20-9-4-12-22-13-10-19-11-14-22;/h5-8,15,19,21H,3-4,9-14H2,1-2H3,(H,20,23);1H. The molecule has 2 rings (SSSR count). The highest BCUT2D eigenvalue weighted by atomic mass is 35.5. The summed E-state index contributed by atoms with van der Waals surface area (Å²) in [5.74, 6) is -0.177. The fourth-order valence-corrected chi connectivity index (χ4v) is 4.07. The van der Waals surface area contributed by atoms with Gasteiger partial charge in [-0.2, -0.15) is 0 Å². The zero-order valence-corrected chi connectivity index (χ0v) is 17.7. The normalized spacial score (nSPS) is 16.4. The van der Waals surface area contributed by atoms with Crippen LogP contribution in [0.15, 0.2) is 29.2 Å². The van der Waals surface area contributed by atoms with Gasteiger partial charge in [0.25, 0.3) is 5.91 Å². The highest BCUT2D eigenvalue weighted by Crippen LogP contribution is 2.11. The number of carbonyl (C=O) groups excluding carboxylic acids is 1. The number of hydrogen-bond acceptors (Lipinski definition) is 5. The predicted octanol–water partition coefficient (Wildman–Crippen LogP) is 1.21. The molecule has 1 aromatic carbocycles. The van der Waals surface area contributed by atoms with Crippen LogP contribution >= 0.6 is 12.4 Å².